The van der Waals surface area contributed by atoms with Gasteiger partial charge in [-0.05, 0) is 68.1 Å². The van der Waals surface area contributed by atoms with Crippen LogP contribution in [-0.4, -0.2) is 33.8 Å². The van der Waals surface area contributed by atoms with E-state index in [1.54, 1.807) is 6.20 Å². The van der Waals surface area contributed by atoms with E-state index >= 15 is 0 Å². The summed E-state index contributed by atoms with van der Waals surface area (Å²) in [6, 6.07) is 12.5. The third kappa shape index (κ3) is 5.19. The van der Waals surface area contributed by atoms with Crippen molar-refractivity contribution in [1.29, 1.82) is 0 Å². The molecule has 146 valence electrons. The quantitative estimate of drug-likeness (QED) is 0.490. The highest BCUT2D eigenvalue weighted by Gasteiger charge is 2.09. The first-order valence-electron chi connectivity index (χ1n) is 9.71. The van der Waals surface area contributed by atoms with Crippen molar-refractivity contribution < 1.29 is 0 Å². The van der Waals surface area contributed by atoms with Gasteiger partial charge in [0.05, 0.1) is 11.7 Å². The van der Waals surface area contributed by atoms with Crippen LogP contribution in [0.3, 0.4) is 0 Å². The number of aromatic nitrogens is 3. The van der Waals surface area contributed by atoms with Crippen molar-refractivity contribution in [3.05, 3.63) is 77.9 Å². The number of aryl methyl sites for hydroxylation is 1. The van der Waals surface area contributed by atoms with Crippen LogP contribution in [0.1, 0.15) is 36.6 Å². The molecule has 1 unspecified atom stereocenters. The number of hydrogen-bond donors (Lipinski definition) is 2. The van der Waals surface area contributed by atoms with E-state index < -0.39 is 0 Å². The summed E-state index contributed by atoms with van der Waals surface area (Å²) in [5.74, 6) is 0.825. The molecule has 28 heavy (non-hydrogen) atoms. The van der Waals surface area contributed by atoms with Crippen LogP contribution in [0.5, 0.6) is 0 Å². The molecule has 0 saturated carbocycles. The van der Waals surface area contributed by atoms with E-state index in [0.717, 1.165) is 31.2 Å². The van der Waals surface area contributed by atoms with Crippen molar-refractivity contribution in [2.24, 2.45) is 4.99 Å². The van der Waals surface area contributed by atoms with E-state index in [2.05, 4.69) is 71.8 Å². The van der Waals surface area contributed by atoms with E-state index in [9.17, 15) is 0 Å². The molecule has 2 heterocycles. The highest BCUT2D eigenvalue weighted by Crippen LogP contribution is 2.16. The summed E-state index contributed by atoms with van der Waals surface area (Å²) < 4.78 is 1.87. The molecule has 0 spiro atoms. The van der Waals surface area contributed by atoms with E-state index in [1.807, 2.05) is 29.3 Å². The molecular weight excluding hydrogens is 348 g/mol. The standard InChI is InChI=1S/C22H28N6/c1-4-24-22(25-13-10-19-9-12-23-16-17(19)2)27-18(3)20-7-5-8-21(15-20)28-14-6-11-26-28/h5-9,11-12,14-16,18H,4,10,13H2,1-3H3,(H2,24,25,27). The van der Waals surface area contributed by atoms with Crippen LogP contribution < -0.4 is 10.6 Å². The number of guanidine groups is 1. The maximum absolute atomic E-state index is 4.74. The van der Waals surface area contributed by atoms with E-state index in [1.165, 1.54) is 16.7 Å². The predicted octanol–water partition coefficient (Wildman–Crippen LogP) is 3.43. The van der Waals surface area contributed by atoms with Gasteiger partial charge in [-0.1, -0.05) is 12.1 Å². The lowest BCUT2D eigenvalue weighted by Crippen LogP contribution is -2.38. The van der Waals surface area contributed by atoms with Gasteiger partial charge in [0.1, 0.15) is 0 Å². The molecule has 0 aliphatic rings. The van der Waals surface area contributed by atoms with E-state index in [4.69, 9.17) is 4.99 Å². The minimum absolute atomic E-state index is 0.121. The van der Waals surface area contributed by atoms with Crippen LogP contribution >= 0.6 is 0 Å². The number of aliphatic imine (C=N–C) groups is 1. The van der Waals surface area contributed by atoms with Crippen molar-refractivity contribution in [1.82, 2.24) is 25.4 Å². The smallest absolute Gasteiger partial charge is 0.191 e. The predicted molar refractivity (Wildman–Crippen MR) is 114 cm³/mol. The monoisotopic (exact) mass is 376 g/mol. The molecule has 3 rings (SSSR count). The molecule has 0 fully saturated rings. The van der Waals surface area contributed by atoms with Gasteiger partial charge in [0.2, 0.25) is 0 Å². The van der Waals surface area contributed by atoms with Gasteiger partial charge >= 0.3 is 0 Å². The molecule has 2 N–H and O–H groups in total. The second-order valence-corrected chi connectivity index (χ2v) is 6.72. The maximum atomic E-state index is 4.74. The summed E-state index contributed by atoms with van der Waals surface area (Å²) in [6.07, 6.45) is 8.37. The van der Waals surface area contributed by atoms with Gasteiger partial charge in [-0.25, -0.2) is 4.68 Å². The van der Waals surface area contributed by atoms with Gasteiger partial charge in [-0.2, -0.15) is 5.10 Å². The fourth-order valence-corrected chi connectivity index (χ4v) is 3.04. The average molecular weight is 377 g/mol. The molecule has 0 saturated heterocycles. The molecule has 0 radical (unpaired) electrons. The van der Waals surface area contributed by atoms with Gasteiger partial charge in [-0.15, -0.1) is 0 Å². The third-order valence-corrected chi connectivity index (χ3v) is 4.62. The average Bonchev–Trinajstić information content (AvgIpc) is 3.24. The normalized spacial score (nSPS) is 12.6. The van der Waals surface area contributed by atoms with Crippen LogP contribution in [0.15, 0.2) is 66.2 Å². The summed E-state index contributed by atoms with van der Waals surface area (Å²) in [5.41, 5.74) is 4.73. The summed E-state index contributed by atoms with van der Waals surface area (Å²) in [6.45, 7) is 7.85. The van der Waals surface area contributed by atoms with Crippen LogP contribution in [0, 0.1) is 6.92 Å². The van der Waals surface area contributed by atoms with Gasteiger partial charge in [-0.3, -0.25) is 9.98 Å². The second kappa shape index (κ2) is 9.69. The second-order valence-electron chi connectivity index (χ2n) is 6.72. The van der Waals surface area contributed by atoms with Crippen LogP contribution in [-0.2, 0) is 6.42 Å². The van der Waals surface area contributed by atoms with Gasteiger partial charge in [0.25, 0.3) is 0 Å². The zero-order valence-electron chi connectivity index (χ0n) is 16.8. The molecule has 1 aromatic carbocycles. The molecule has 0 bridgehead atoms. The Morgan fingerprint density at radius 3 is 2.86 bits per heavy atom. The first-order chi connectivity index (χ1) is 13.7. The topological polar surface area (TPSA) is 67.1 Å². The summed E-state index contributed by atoms with van der Waals surface area (Å²) in [7, 11) is 0. The highest BCUT2D eigenvalue weighted by molar-refractivity contribution is 5.80. The molecule has 6 nitrogen and oxygen atoms in total. The van der Waals surface area contributed by atoms with Crippen molar-refractivity contribution in [3.63, 3.8) is 0 Å². The Kier molecular flexibility index (Phi) is 6.78. The molecule has 0 aliphatic carbocycles. The lowest BCUT2D eigenvalue weighted by atomic mass is 10.1. The first-order valence-corrected chi connectivity index (χ1v) is 9.71. The SMILES string of the molecule is CCNC(=NCCc1ccncc1C)NC(C)c1cccc(-n2cccn2)c1. The third-order valence-electron chi connectivity index (χ3n) is 4.62. The van der Waals surface area contributed by atoms with Gasteiger partial charge in [0.15, 0.2) is 5.96 Å². The lowest BCUT2D eigenvalue weighted by molar-refractivity contribution is 0.684. The minimum atomic E-state index is 0.121. The molecule has 1 atom stereocenters. The summed E-state index contributed by atoms with van der Waals surface area (Å²) >= 11 is 0. The van der Waals surface area contributed by atoms with Crippen molar-refractivity contribution in [2.75, 3.05) is 13.1 Å². The molecule has 2 aromatic heterocycles. The number of rotatable bonds is 7. The Labute approximate surface area is 166 Å². The van der Waals surface area contributed by atoms with E-state index in [-0.39, 0.29) is 6.04 Å². The van der Waals surface area contributed by atoms with E-state index in [0.29, 0.717) is 0 Å². The van der Waals surface area contributed by atoms with Crippen LogP contribution in [0.4, 0.5) is 0 Å². The molecular formula is C22H28N6. The fraction of sp³-hybridized carbons (Fsp3) is 0.318. The Morgan fingerprint density at radius 1 is 1.21 bits per heavy atom. The highest BCUT2D eigenvalue weighted by atomic mass is 15.3. The Balaban J connectivity index is 1.66. The molecule has 3 aromatic rings. The van der Waals surface area contributed by atoms with Crippen LogP contribution in [0.25, 0.3) is 5.69 Å². The number of pyridine rings is 1. The summed E-state index contributed by atoms with van der Waals surface area (Å²) in [4.78, 5) is 8.89. The Morgan fingerprint density at radius 2 is 2.11 bits per heavy atom. The number of hydrogen-bond acceptors (Lipinski definition) is 3. The Bertz CT molecular complexity index is 901. The maximum Gasteiger partial charge on any atom is 0.191 e. The summed E-state index contributed by atoms with van der Waals surface area (Å²) in [5, 5.41) is 11.1. The Hall–Kier alpha value is -3.15. The minimum Gasteiger partial charge on any atom is -0.357 e. The zero-order chi connectivity index (χ0) is 19.8. The van der Waals surface area contributed by atoms with Crippen LogP contribution in [0.2, 0.25) is 0 Å². The fourth-order valence-electron chi connectivity index (χ4n) is 3.04. The molecule has 0 aliphatic heterocycles. The first kappa shape index (κ1) is 19.6. The zero-order valence-corrected chi connectivity index (χ0v) is 16.8. The molecule has 0 amide bonds. The number of nitrogens with one attached hydrogen (secondary N) is 2. The lowest BCUT2D eigenvalue weighted by Gasteiger charge is -2.19. The van der Waals surface area contributed by atoms with Crippen molar-refractivity contribution in [2.45, 2.75) is 33.2 Å². The van der Waals surface area contributed by atoms with Crippen molar-refractivity contribution in [3.8, 4) is 5.69 Å². The van der Waals surface area contributed by atoms with Gasteiger partial charge < -0.3 is 10.6 Å². The molecule has 6 heteroatoms. The largest absolute Gasteiger partial charge is 0.357 e. The number of nitrogens with zero attached hydrogens (tertiary/aromatic N) is 4. The van der Waals surface area contributed by atoms with Crippen molar-refractivity contribution >= 4 is 5.96 Å². The number of benzene rings is 1. The van der Waals surface area contributed by atoms with Gasteiger partial charge in [0, 0.05) is 37.9 Å².